The highest BCUT2D eigenvalue weighted by Gasteiger charge is 2.22. The summed E-state index contributed by atoms with van der Waals surface area (Å²) in [6, 6.07) is 18.4. The Bertz CT molecular complexity index is 861. The number of aromatic nitrogens is 1. The van der Waals surface area contributed by atoms with Gasteiger partial charge in [-0.15, -0.1) is 0 Å². The van der Waals surface area contributed by atoms with Crippen LogP contribution in [0.1, 0.15) is 10.4 Å². The Balaban J connectivity index is 1.47. The number of carbonyl (C=O) groups excluding carboxylic acids is 1. The highest BCUT2D eigenvalue weighted by molar-refractivity contribution is 5.98. The molecule has 1 aromatic heterocycles. The van der Waals surface area contributed by atoms with Crippen LogP contribution in [0, 0.1) is 0 Å². The van der Waals surface area contributed by atoms with E-state index in [-0.39, 0.29) is 5.91 Å². The molecule has 0 aliphatic carbocycles. The lowest BCUT2D eigenvalue weighted by atomic mass is 10.1. The van der Waals surface area contributed by atoms with E-state index in [1.807, 2.05) is 42.4 Å². The lowest BCUT2D eigenvalue weighted by Crippen LogP contribution is -2.48. The van der Waals surface area contributed by atoms with Crippen molar-refractivity contribution in [1.29, 1.82) is 0 Å². The van der Waals surface area contributed by atoms with Crippen molar-refractivity contribution < 1.29 is 4.79 Å². The van der Waals surface area contributed by atoms with E-state index in [2.05, 4.69) is 39.8 Å². The van der Waals surface area contributed by atoms with E-state index in [0.717, 1.165) is 42.6 Å². The Hall–Kier alpha value is -2.75. The molecule has 0 unspecified atom stereocenters. The molecule has 4 nitrogen and oxygen atoms in total. The predicted octanol–water partition coefficient (Wildman–Crippen LogP) is 3.14. The lowest BCUT2D eigenvalue weighted by Gasteiger charge is -2.36. The molecule has 1 fully saturated rings. The molecule has 122 valence electrons. The van der Waals surface area contributed by atoms with Crippen LogP contribution in [0.25, 0.3) is 10.9 Å². The van der Waals surface area contributed by atoms with E-state index in [1.165, 1.54) is 5.69 Å². The molecule has 3 aromatic rings. The van der Waals surface area contributed by atoms with Crippen LogP contribution in [0.4, 0.5) is 5.69 Å². The zero-order chi connectivity index (χ0) is 16.5. The summed E-state index contributed by atoms with van der Waals surface area (Å²) in [5, 5.41) is 1.12. The number of hydrogen-bond acceptors (Lipinski definition) is 2. The van der Waals surface area contributed by atoms with Crippen LogP contribution in [0.2, 0.25) is 0 Å². The van der Waals surface area contributed by atoms with E-state index in [1.54, 1.807) is 0 Å². The molecule has 0 radical (unpaired) electrons. The van der Waals surface area contributed by atoms with E-state index in [4.69, 9.17) is 0 Å². The average molecular weight is 319 g/mol. The fourth-order valence-electron chi connectivity index (χ4n) is 3.40. The number of benzene rings is 2. The van der Waals surface area contributed by atoms with Crippen molar-refractivity contribution in [2.45, 2.75) is 0 Å². The number of carbonyl (C=O) groups is 1. The maximum atomic E-state index is 12.8. The van der Waals surface area contributed by atoms with Gasteiger partial charge in [-0.1, -0.05) is 18.2 Å². The van der Waals surface area contributed by atoms with Gasteiger partial charge < -0.3 is 14.4 Å². The molecular weight excluding hydrogens is 298 g/mol. The van der Waals surface area contributed by atoms with Crippen LogP contribution in [-0.4, -0.2) is 41.6 Å². The second-order valence-corrected chi connectivity index (χ2v) is 6.32. The summed E-state index contributed by atoms with van der Waals surface area (Å²) >= 11 is 0. The van der Waals surface area contributed by atoms with Gasteiger partial charge in [0.15, 0.2) is 0 Å². The monoisotopic (exact) mass is 319 g/mol. The van der Waals surface area contributed by atoms with Crippen LogP contribution in [-0.2, 0) is 7.05 Å². The summed E-state index contributed by atoms with van der Waals surface area (Å²) in [5.74, 6) is 0.133. The van der Waals surface area contributed by atoms with Crippen molar-refractivity contribution in [3.05, 3.63) is 66.4 Å². The number of anilines is 1. The molecule has 1 aliphatic rings. The number of amides is 1. The minimum Gasteiger partial charge on any atom is -0.368 e. The van der Waals surface area contributed by atoms with Gasteiger partial charge in [-0.3, -0.25) is 4.79 Å². The summed E-state index contributed by atoms with van der Waals surface area (Å²) in [7, 11) is 2.02. The van der Waals surface area contributed by atoms with Gasteiger partial charge in [0.2, 0.25) is 0 Å². The van der Waals surface area contributed by atoms with Gasteiger partial charge in [0.05, 0.1) is 0 Å². The van der Waals surface area contributed by atoms with Crippen molar-refractivity contribution in [3.63, 3.8) is 0 Å². The summed E-state index contributed by atoms with van der Waals surface area (Å²) in [6.45, 7) is 3.29. The number of piperazine rings is 1. The van der Waals surface area contributed by atoms with Crippen molar-refractivity contribution in [3.8, 4) is 0 Å². The standard InChI is InChI=1S/C20H21N3O/c1-21-10-9-16-15-17(7-8-19(16)21)20(24)23-13-11-22(12-14-23)18-5-3-2-4-6-18/h2-10,15H,11-14H2,1H3. The number of para-hydroxylation sites is 1. The molecule has 2 aromatic carbocycles. The minimum atomic E-state index is 0.133. The van der Waals surface area contributed by atoms with Crippen molar-refractivity contribution >= 4 is 22.5 Å². The highest BCUT2D eigenvalue weighted by Crippen LogP contribution is 2.20. The quantitative estimate of drug-likeness (QED) is 0.726. The molecule has 0 N–H and O–H groups in total. The third-order valence-electron chi connectivity index (χ3n) is 4.82. The normalized spacial score (nSPS) is 15.0. The average Bonchev–Trinajstić information content (AvgIpc) is 3.02. The minimum absolute atomic E-state index is 0.133. The van der Waals surface area contributed by atoms with Gasteiger partial charge in [0, 0.05) is 61.6 Å². The van der Waals surface area contributed by atoms with Crippen molar-refractivity contribution in [2.24, 2.45) is 7.05 Å². The van der Waals surface area contributed by atoms with Crippen molar-refractivity contribution in [1.82, 2.24) is 9.47 Å². The molecule has 4 heteroatoms. The van der Waals surface area contributed by atoms with Gasteiger partial charge in [0.1, 0.15) is 0 Å². The van der Waals surface area contributed by atoms with Crippen LogP contribution >= 0.6 is 0 Å². The number of rotatable bonds is 2. The molecule has 2 heterocycles. The van der Waals surface area contributed by atoms with Gasteiger partial charge in [-0.2, -0.15) is 0 Å². The fraction of sp³-hybridized carbons (Fsp3) is 0.250. The number of aryl methyl sites for hydroxylation is 1. The Morgan fingerprint density at radius 3 is 2.42 bits per heavy atom. The molecule has 1 saturated heterocycles. The number of hydrogen-bond donors (Lipinski definition) is 0. The smallest absolute Gasteiger partial charge is 0.253 e. The zero-order valence-electron chi connectivity index (χ0n) is 13.9. The molecule has 1 aliphatic heterocycles. The Kier molecular flexibility index (Phi) is 3.73. The zero-order valence-corrected chi connectivity index (χ0v) is 13.9. The molecule has 0 bridgehead atoms. The summed E-state index contributed by atoms with van der Waals surface area (Å²) in [6.07, 6.45) is 2.03. The molecular formula is C20H21N3O. The van der Waals surface area contributed by atoms with Gasteiger partial charge >= 0.3 is 0 Å². The predicted molar refractivity (Wildman–Crippen MR) is 97.5 cm³/mol. The van der Waals surface area contributed by atoms with Crippen molar-refractivity contribution in [2.75, 3.05) is 31.1 Å². The van der Waals surface area contributed by atoms with Gasteiger partial charge in [-0.25, -0.2) is 0 Å². The highest BCUT2D eigenvalue weighted by atomic mass is 16.2. The van der Waals surface area contributed by atoms with E-state index < -0.39 is 0 Å². The van der Waals surface area contributed by atoms with E-state index in [9.17, 15) is 4.79 Å². The second-order valence-electron chi connectivity index (χ2n) is 6.32. The summed E-state index contributed by atoms with van der Waals surface area (Å²) in [4.78, 5) is 17.1. The third kappa shape index (κ3) is 2.64. The van der Waals surface area contributed by atoms with E-state index >= 15 is 0 Å². The fourth-order valence-corrected chi connectivity index (χ4v) is 3.40. The van der Waals surface area contributed by atoms with Crippen LogP contribution < -0.4 is 4.90 Å². The molecule has 0 saturated carbocycles. The number of nitrogens with zero attached hydrogens (tertiary/aromatic N) is 3. The molecule has 24 heavy (non-hydrogen) atoms. The van der Waals surface area contributed by atoms with Gasteiger partial charge in [-0.05, 0) is 36.4 Å². The maximum absolute atomic E-state index is 12.8. The lowest BCUT2D eigenvalue weighted by molar-refractivity contribution is 0.0747. The Morgan fingerprint density at radius 1 is 0.917 bits per heavy atom. The molecule has 1 amide bonds. The van der Waals surface area contributed by atoms with Crippen LogP contribution in [0.5, 0.6) is 0 Å². The van der Waals surface area contributed by atoms with Gasteiger partial charge in [0.25, 0.3) is 5.91 Å². The first-order valence-corrected chi connectivity index (χ1v) is 8.37. The number of fused-ring (bicyclic) bond motifs is 1. The first kappa shape index (κ1) is 14.8. The maximum Gasteiger partial charge on any atom is 0.253 e. The Morgan fingerprint density at radius 2 is 1.67 bits per heavy atom. The Labute approximate surface area is 141 Å². The molecule has 0 atom stereocenters. The molecule has 4 rings (SSSR count). The second kappa shape index (κ2) is 6.04. The summed E-state index contributed by atoms with van der Waals surface area (Å²) in [5.41, 5.74) is 3.16. The first-order chi connectivity index (χ1) is 11.7. The third-order valence-corrected chi connectivity index (χ3v) is 4.82. The largest absolute Gasteiger partial charge is 0.368 e. The van der Waals surface area contributed by atoms with E-state index in [0.29, 0.717) is 0 Å². The first-order valence-electron chi connectivity index (χ1n) is 8.37. The SMILES string of the molecule is Cn1ccc2cc(C(=O)N3CCN(c4ccccc4)CC3)ccc21. The van der Waals surface area contributed by atoms with Crippen LogP contribution in [0.3, 0.4) is 0 Å². The summed E-state index contributed by atoms with van der Waals surface area (Å²) < 4.78 is 2.07. The topological polar surface area (TPSA) is 28.5 Å². The van der Waals surface area contributed by atoms with Crippen LogP contribution in [0.15, 0.2) is 60.8 Å². The molecule has 0 spiro atoms.